The van der Waals surface area contributed by atoms with Crippen molar-refractivity contribution in [3.63, 3.8) is 0 Å². The Hall–Kier alpha value is -0.300. The first-order valence-electron chi connectivity index (χ1n) is 6.32. The standard InChI is InChI=1S/C13H23N/c1-2-3-4-5-9-14-13-10-11-7-6-8-12(11)13/h6,8,11-14H,2-5,7,9-10H2,1H3. The third-order valence-electron chi connectivity index (χ3n) is 3.80. The molecule has 0 amide bonds. The summed E-state index contributed by atoms with van der Waals surface area (Å²) >= 11 is 0. The van der Waals surface area contributed by atoms with Crippen molar-refractivity contribution in [1.82, 2.24) is 5.32 Å². The highest BCUT2D eigenvalue weighted by molar-refractivity contribution is 5.12. The SMILES string of the molecule is CCCCCCNC1CC2CC=CC21. The molecule has 1 heteroatoms. The van der Waals surface area contributed by atoms with Crippen LogP contribution in [0.2, 0.25) is 0 Å². The third kappa shape index (κ3) is 2.20. The van der Waals surface area contributed by atoms with E-state index in [1.165, 1.54) is 45.1 Å². The molecular weight excluding hydrogens is 170 g/mol. The van der Waals surface area contributed by atoms with Gasteiger partial charge in [-0.15, -0.1) is 0 Å². The maximum absolute atomic E-state index is 3.70. The van der Waals surface area contributed by atoms with Crippen molar-refractivity contribution in [2.24, 2.45) is 11.8 Å². The number of fused-ring (bicyclic) bond motifs is 1. The molecule has 2 rings (SSSR count). The molecule has 14 heavy (non-hydrogen) atoms. The molecule has 3 unspecified atom stereocenters. The molecule has 1 fully saturated rings. The molecule has 1 N–H and O–H groups in total. The molecule has 1 saturated carbocycles. The van der Waals surface area contributed by atoms with Gasteiger partial charge in [0.2, 0.25) is 0 Å². The minimum absolute atomic E-state index is 0.820. The second kappa shape index (κ2) is 4.97. The molecular formula is C13H23N. The van der Waals surface area contributed by atoms with Gasteiger partial charge in [-0.05, 0) is 37.6 Å². The van der Waals surface area contributed by atoms with Crippen molar-refractivity contribution >= 4 is 0 Å². The van der Waals surface area contributed by atoms with E-state index in [0.29, 0.717) is 0 Å². The van der Waals surface area contributed by atoms with E-state index in [2.05, 4.69) is 24.4 Å². The molecule has 2 aliphatic carbocycles. The Bertz CT molecular complexity index is 197. The lowest BCUT2D eigenvalue weighted by molar-refractivity contribution is 0.163. The van der Waals surface area contributed by atoms with Gasteiger partial charge in [0.25, 0.3) is 0 Å². The quantitative estimate of drug-likeness (QED) is 0.505. The van der Waals surface area contributed by atoms with Gasteiger partial charge in [0.1, 0.15) is 0 Å². The normalized spacial score (nSPS) is 34.2. The van der Waals surface area contributed by atoms with Crippen LogP contribution in [0.25, 0.3) is 0 Å². The van der Waals surface area contributed by atoms with Crippen LogP contribution in [0.5, 0.6) is 0 Å². The van der Waals surface area contributed by atoms with Crippen LogP contribution in [0.1, 0.15) is 45.4 Å². The lowest BCUT2D eigenvalue weighted by Gasteiger charge is -2.40. The first kappa shape index (κ1) is 10.2. The Labute approximate surface area is 88.0 Å². The number of rotatable bonds is 6. The lowest BCUT2D eigenvalue weighted by atomic mass is 9.71. The van der Waals surface area contributed by atoms with Crippen LogP contribution >= 0.6 is 0 Å². The average molecular weight is 193 g/mol. The predicted octanol–water partition coefficient (Wildman–Crippen LogP) is 3.12. The fourth-order valence-corrected chi connectivity index (χ4v) is 2.79. The van der Waals surface area contributed by atoms with Crippen LogP contribution in [0.4, 0.5) is 0 Å². The number of hydrogen-bond acceptors (Lipinski definition) is 1. The minimum Gasteiger partial charge on any atom is -0.313 e. The molecule has 0 bridgehead atoms. The van der Waals surface area contributed by atoms with E-state index < -0.39 is 0 Å². The van der Waals surface area contributed by atoms with Crippen LogP contribution in [-0.2, 0) is 0 Å². The number of unbranched alkanes of at least 4 members (excludes halogenated alkanes) is 3. The fraction of sp³-hybridized carbons (Fsp3) is 0.846. The maximum Gasteiger partial charge on any atom is 0.0136 e. The summed E-state index contributed by atoms with van der Waals surface area (Å²) in [7, 11) is 0. The second-order valence-corrected chi connectivity index (χ2v) is 4.86. The number of allylic oxidation sites excluding steroid dienone is 1. The van der Waals surface area contributed by atoms with E-state index in [-0.39, 0.29) is 0 Å². The summed E-state index contributed by atoms with van der Waals surface area (Å²) in [5.74, 6) is 1.89. The molecule has 0 radical (unpaired) electrons. The van der Waals surface area contributed by atoms with E-state index in [1.54, 1.807) is 0 Å². The summed E-state index contributed by atoms with van der Waals surface area (Å²) in [4.78, 5) is 0. The number of nitrogens with one attached hydrogen (secondary N) is 1. The third-order valence-corrected chi connectivity index (χ3v) is 3.80. The van der Waals surface area contributed by atoms with Crippen LogP contribution in [0.15, 0.2) is 12.2 Å². The van der Waals surface area contributed by atoms with Gasteiger partial charge in [-0.25, -0.2) is 0 Å². The summed E-state index contributed by atoms with van der Waals surface area (Å²) in [6.45, 7) is 3.51. The van der Waals surface area contributed by atoms with Gasteiger partial charge in [-0.3, -0.25) is 0 Å². The van der Waals surface area contributed by atoms with Crippen molar-refractivity contribution in [2.45, 2.75) is 51.5 Å². The zero-order valence-electron chi connectivity index (χ0n) is 9.34. The van der Waals surface area contributed by atoms with Crippen molar-refractivity contribution in [3.05, 3.63) is 12.2 Å². The molecule has 1 nitrogen and oxygen atoms in total. The Morgan fingerprint density at radius 2 is 2.21 bits per heavy atom. The molecule has 0 aromatic heterocycles. The van der Waals surface area contributed by atoms with Crippen LogP contribution in [-0.4, -0.2) is 12.6 Å². The van der Waals surface area contributed by atoms with Crippen molar-refractivity contribution in [2.75, 3.05) is 6.54 Å². The molecule has 0 heterocycles. The fourth-order valence-electron chi connectivity index (χ4n) is 2.79. The van der Waals surface area contributed by atoms with Gasteiger partial charge < -0.3 is 5.32 Å². The smallest absolute Gasteiger partial charge is 0.0136 e. The highest BCUT2D eigenvalue weighted by atomic mass is 14.9. The van der Waals surface area contributed by atoms with Crippen molar-refractivity contribution < 1.29 is 0 Å². The summed E-state index contributed by atoms with van der Waals surface area (Å²) < 4.78 is 0. The van der Waals surface area contributed by atoms with E-state index in [4.69, 9.17) is 0 Å². The molecule has 0 aromatic carbocycles. The van der Waals surface area contributed by atoms with Gasteiger partial charge in [-0.2, -0.15) is 0 Å². The maximum atomic E-state index is 3.70. The van der Waals surface area contributed by atoms with Crippen LogP contribution < -0.4 is 5.32 Å². The largest absolute Gasteiger partial charge is 0.313 e. The summed E-state index contributed by atoms with van der Waals surface area (Å²) in [6.07, 6.45) is 13.1. The lowest BCUT2D eigenvalue weighted by Crippen LogP contribution is -2.48. The van der Waals surface area contributed by atoms with E-state index in [1.807, 2.05) is 0 Å². The van der Waals surface area contributed by atoms with E-state index >= 15 is 0 Å². The summed E-state index contributed by atoms with van der Waals surface area (Å²) in [5, 5.41) is 3.70. The molecule has 80 valence electrons. The zero-order chi connectivity index (χ0) is 9.80. The molecule has 3 atom stereocenters. The molecule has 0 aliphatic heterocycles. The van der Waals surface area contributed by atoms with Gasteiger partial charge >= 0.3 is 0 Å². The van der Waals surface area contributed by atoms with Gasteiger partial charge in [-0.1, -0.05) is 38.3 Å². The van der Waals surface area contributed by atoms with Gasteiger partial charge in [0.05, 0.1) is 0 Å². The highest BCUT2D eigenvalue weighted by Crippen LogP contribution is 2.42. The second-order valence-electron chi connectivity index (χ2n) is 4.86. The number of hydrogen-bond donors (Lipinski definition) is 1. The molecule has 0 saturated heterocycles. The van der Waals surface area contributed by atoms with Crippen molar-refractivity contribution in [1.29, 1.82) is 0 Å². The summed E-state index contributed by atoms with van der Waals surface area (Å²) in [6, 6.07) is 0.820. The first-order valence-corrected chi connectivity index (χ1v) is 6.32. The minimum atomic E-state index is 0.820. The first-order chi connectivity index (χ1) is 6.92. The zero-order valence-corrected chi connectivity index (χ0v) is 9.34. The van der Waals surface area contributed by atoms with E-state index in [9.17, 15) is 0 Å². The topological polar surface area (TPSA) is 12.0 Å². The molecule has 0 aromatic rings. The molecule has 2 aliphatic rings. The van der Waals surface area contributed by atoms with E-state index in [0.717, 1.165) is 17.9 Å². The van der Waals surface area contributed by atoms with Gasteiger partial charge in [0.15, 0.2) is 0 Å². The average Bonchev–Trinajstić information content (AvgIpc) is 2.53. The predicted molar refractivity (Wildman–Crippen MR) is 61.3 cm³/mol. The monoisotopic (exact) mass is 193 g/mol. The van der Waals surface area contributed by atoms with Crippen LogP contribution in [0.3, 0.4) is 0 Å². The Morgan fingerprint density at radius 3 is 3.00 bits per heavy atom. The molecule has 0 spiro atoms. The summed E-state index contributed by atoms with van der Waals surface area (Å²) in [5.41, 5.74) is 0. The Morgan fingerprint density at radius 1 is 1.29 bits per heavy atom. The highest BCUT2D eigenvalue weighted by Gasteiger charge is 2.40. The van der Waals surface area contributed by atoms with Crippen molar-refractivity contribution in [3.8, 4) is 0 Å². The van der Waals surface area contributed by atoms with Gasteiger partial charge in [0, 0.05) is 6.04 Å². The Kier molecular flexibility index (Phi) is 3.63. The Balaban J connectivity index is 1.52. The van der Waals surface area contributed by atoms with Crippen LogP contribution in [0, 0.1) is 11.8 Å².